The van der Waals surface area contributed by atoms with Crippen molar-refractivity contribution in [3.05, 3.63) is 83.8 Å². The minimum absolute atomic E-state index is 0.0129. The third kappa shape index (κ3) is 5.80. The Balaban J connectivity index is 1.53. The number of sulfonamides is 1. The van der Waals surface area contributed by atoms with E-state index >= 15 is 0 Å². The lowest BCUT2D eigenvalue weighted by molar-refractivity contribution is -0.122. The van der Waals surface area contributed by atoms with Crippen LogP contribution in [0.1, 0.15) is 42.7 Å². The number of rotatable bonds is 9. The molecule has 1 aromatic heterocycles. The van der Waals surface area contributed by atoms with Gasteiger partial charge in [0.1, 0.15) is 5.76 Å². The van der Waals surface area contributed by atoms with Gasteiger partial charge in [-0.05, 0) is 53.9 Å². The highest BCUT2D eigenvalue weighted by molar-refractivity contribution is 7.89. The summed E-state index contributed by atoms with van der Waals surface area (Å²) < 4.78 is 34.0. The second kappa shape index (κ2) is 10.9. The standard InChI is InChI=1S/C26H29N3O5S/c1-2-25(30)28-20-9-11-22(12-10-20)35(32,33)29-16-14-19-6-3-4-8-23(19)24(29)18-26(31)27-15-13-21-7-5-17-34-21/h3-12,17,24H,2,13-16,18H2,1H3,(H,27,31)(H,28,30). The quantitative estimate of drug-likeness (QED) is 0.471. The number of nitrogens with zero attached hydrogens (tertiary/aromatic N) is 1. The number of nitrogens with one attached hydrogen (secondary N) is 2. The van der Waals surface area contributed by atoms with Crippen LogP contribution in [-0.4, -0.2) is 37.6 Å². The zero-order chi connectivity index (χ0) is 24.8. The molecule has 2 amide bonds. The Hall–Kier alpha value is -3.43. The van der Waals surface area contributed by atoms with Gasteiger partial charge in [-0.3, -0.25) is 9.59 Å². The van der Waals surface area contributed by atoms with E-state index in [2.05, 4.69) is 10.6 Å². The molecule has 35 heavy (non-hydrogen) atoms. The van der Waals surface area contributed by atoms with Gasteiger partial charge in [0.15, 0.2) is 0 Å². The molecule has 0 saturated carbocycles. The van der Waals surface area contributed by atoms with Crippen molar-refractivity contribution in [2.75, 3.05) is 18.4 Å². The van der Waals surface area contributed by atoms with Crippen LogP contribution in [0.3, 0.4) is 0 Å². The van der Waals surface area contributed by atoms with Crippen LogP contribution in [-0.2, 0) is 32.5 Å². The van der Waals surface area contributed by atoms with E-state index < -0.39 is 16.1 Å². The fourth-order valence-electron chi connectivity index (χ4n) is 4.25. The molecule has 0 spiro atoms. The number of carbonyl (C=O) groups is 2. The fraction of sp³-hybridized carbons (Fsp3) is 0.308. The molecule has 1 aliphatic heterocycles. The Morgan fingerprint density at radius 3 is 2.51 bits per heavy atom. The highest BCUT2D eigenvalue weighted by Gasteiger charge is 2.37. The number of fused-ring (bicyclic) bond motifs is 1. The average Bonchev–Trinajstić information content (AvgIpc) is 3.38. The third-order valence-corrected chi connectivity index (χ3v) is 8.00. The highest BCUT2D eigenvalue weighted by atomic mass is 32.2. The predicted octanol–water partition coefficient (Wildman–Crippen LogP) is 3.67. The molecule has 4 rings (SSSR count). The lowest BCUT2D eigenvalue weighted by Gasteiger charge is -2.36. The van der Waals surface area contributed by atoms with Crippen molar-refractivity contribution in [3.63, 3.8) is 0 Å². The minimum atomic E-state index is -3.88. The van der Waals surface area contributed by atoms with Crippen LogP contribution >= 0.6 is 0 Å². The second-order valence-corrected chi connectivity index (χ2v) is 10.3. The first-order valence-electron chi connectivity index (χ1n) is 11.7. The van der Waals surface area contributed by atoms with E-state index in [9.17, 15) is 18.0 Å². The van der Waals surface area contributed by atoms with Gasteiger partial charge in [-0.15, -0.1) is 0 Å². The number of amides is 2. The van der Waals surface area contributed by atoms with E-state index in [4.69, 9.17) is 4.42 Å². The number of hydrogen-bond acceptors (Lipinski definition) is 5. The molecule has 9 heteroatoms. The molecular formula is C26H29N3O5S. The minimum Gasteiger partial charge on any atom is -0.469 e. The Bertz CT molecular complexity index is 1270. The summed E-state index contributed by atoms with van der Waals surface area (Å²) in [6.07, 6.45) is 3.06. The fourth-order valence-corrected chi connectivity index (χ4v) is 5.86. The maximum Gasteiger partial charge on any atom is 0.243 e. The van der Waals surface area contributed by atoms with Crippen LogP contribution in [0.15, 0.2) is 76.2 Å². The van der Waals surface area contributed by atoms with Gasteiger partial charge in [0.25, 0.3) is 0 Å². The Kier molecular flexibility index (Phi) is 7.67. The molecule has 0 bridgehead atoms. The Labute approximate surface area is 205 Å². The van der Waals surface area contributed by atoms with E-state index in [1.807, 2.05) is 30.3 Å². The SMILES string of the molecule is CCC(=O)Nc1ccc(S(=O)(=O)N2CCc3ccccc3C2CC(=O)NCCc2ccco2)cc1. The molecule has 2 aromatic carbocycles. The number of hydrogen-bond donors (Lipinski definition) is 2. The normalized spacial score (nSPS) is 15.9. The lowest BCUT2D eigenvalue weighted by atomic mass is 9.92. The first-order valence-corrected chi connectivity index (χ1v) is 13.1. The summed E-state index contributed by atoms with van der Waals surface area (Å²) in [5, 5.41) is 5.60. The molecule has 3 aromatic rings. The molecular weight excluding hydrogens is 466 g/mol. The van der Waals surface area contributed by atoms with Crippen molar-refractivity contribution in [3.8, 4) is 0 Å². The smallest absolute Gasteiger partial charge is 0.243 e. The monoisotopic (exact) mass is 495 g/mol. The number of furan rings is 1. The van der Waals surface area contributed by atoms with E-state index in [1.165, 1.54) is 16.4 Å². The molecule has 0 fully saturated rings. The Morgan fingerprint density at radius 1 is 1.03 bits per heavy atom. The molecule has 0 aliphatic carbocycles. The van der Waals surface area contributed by atoms with Crippen molar-refractivity contribution in [2.45, 2.75) is 43.5 Å². The van der Waals surface area contributed by atoms with E-state index in [0.717, 1.165) is 16.9 Å². The summed E-state index contributed by atoms with van der Waals surface area (Å²) >= 11 is 0. The van der Waals surface area contributed by atoms with Gasteiger partial charge >= 0.3 is 0 Å². The lowest BCUT2D eigenvalue weighted by Crippen LogP contribution is -2.42. The molecule has 1 aliphatic rings. The van der Waals surface area contributed by atoms with Gasteiger partial charge in [-0.25, -0.2) is 8.42 Å². The first-order chi connectivity index (χ1) is 16.9. The maximum absolute atomic E-state index is 13.6. The maximum atomic E-state index is 13.6. The molecule has 0 radical (unpaired) electrons. The van der Waals surface area contributed by atoms with Crippen LogP contribution in [0.4, 0.5) is 5.69 Å². The zero-order valence-electron chi connectivity index (χ0n) is 19.6. The van der Waals surface area contributed by atoms with Crippen LogP contribution in [0.5, 0.6) is 0 Å². The summed E-state index contributed by atoms with van der Waals surface area (Å²) in [5.41, 5.74) is 2.42. The van der Waals surface area contributed by atoms with Crippen LogP contribution in [0.2, 0.25) is 0 Å². The van der Waals surface area contributed by atoms with Crippen LogP contribution in [0.25, 0.3) is 0 Å². The van der Waals surface area contributed by atoms with Crippen LogP contribution in [0, 0.1) is 0 Å². The first kappa shape index (κ1) is 24.7. The third-order valence-electron chi connectivity index (χ3n) is 6.08. The summed E-state index contributed by atoms with van der Waals surface area (Å²) in [6.45, 7) is 2.42. The average molecular weight is 496 g/mol. The van der Waals surface area contributed by atoms with Gasteiger partial charge in [-0.1, -0.05) is 31.2 Å². The molecule has 2 N–H and O–H groups in total. The highest BCUT2D eigenvalue weighted by Crippen LogP contribution is 2.36. The molecule has 1 atom stereocenters. The Morgan fingerprint density at radius 2 is 1.80 bits per heavy atom. The van der Waals surface area contributed by atoms with E-state index in [0.29, 0.717) is 31.5 Å². The van der Waals surface area contributed by atoms with Crippen molar-refractivity contribution in [2.24, 2.45) is 0 Å². The number of carbonyl (C=O) groups excluding carboxylic acids is 2. The van der Waals surface area contributed by atoms with Gasteiger partial charge in [-0.2, -0.15) is 4.31 Å². The van der Waals surface area contributed by atoms with Crippen molar-refractivity contribution in [1.29, 1.82) is 0 Å². The topological polar surface area (TPSA) is 109 Å². The molecule has 2 heterocycles. The largest absolute Gasteiger partial charge is 0.469 e. The van der Waals surface area contributed by atoms with Crippen molar-refractivity contribution in [1.82, 2.24) is 9.62 Å². The predicted molar refractivity (Wildman–Crippen MR) is 132 cm³/mol. The van der Waals surface area contributed by atoms with E-state index in [-0.39, 0.29) is 29.7 Å². The van der Waals surface area contributed by atoms with Gasteiger partial charge in [0.2, 0.25) is 21.8 Å². The second-order valence-electron chi connectivity index (χ2n) is 8.39. The summed E-state index contributed by atoms with van der Waals surface area (Å²) in [7, 11) is -3.88. The molecule has 0 saturated heterocycles. The van der Waals surface area contributed by atoms with Crippen LogP contribution < -0.4 is 10.6 Å². The van der Waals surface area contributed by atoms with Gasteiger partial charge in [0, 0.05) is 38.0 Å². The van der Waals surface area contributed by atoms with E-state index in [1.54, 1.807) is 31.4 Å². The van der Waals surface area contributed by atoms with Gasteiger partial charge in [0.05, 0.1) is 17.2 Å². The van der Waals surface area contributed by atoms with Gasteiger partial charge < -0.3 is 15.1 Å². The summed E-state index contributed by atoms with van der Waals surface area (Å²) in [4.78, 5) is 24.6. The van der Waals surface area contributed by atoms with Crippen molar-refractivity contribution >= 4 is 27.5 Å². The van der Waals surface area contributed by atoms with Crippen molar-refractivity contribution < 1.29 is 22.4 Å². The summed E-state index contributed by atoms with van der Waals surface area (Å²) in [6, 6.07) is 16.8. The molecule has 8 nitrogen and oxygen atoms in total. The number of benzene rings is 2. The number of anilines is 1. The zero-order valence-corrected chi connectivity index (χ0v) is 20.4. The molecule has 184 valence electrons. The summed E-state index contributed by atoms with van der Waals surface area (Å²) in [5.74, 6) is 0.401. The molecule has 1 unspecified atom stereocenters.